The Morgan fingerprint density at radius 2 is 2.06 bits per heavy atom. The van der Waals surface area contributed by atoms with Crippen molar-refractivity contribution in [2.75, 3.05) is 0 Å². The second-order valence-electron chi connectivity index (χ2n) is 3.14. The molecule has 0 radical (unpaired) electrons. The summed E-state index contributed by atoms with van der Waals surface area (Å²) in [7, 11) is 0. The molecular weight excluding hydrogens is 301 g/mol. The van der Waals surface area contributed by atoms with E-state index in [1.165, 1.54) is 31.2 Å². The van der Waals surface area contributed by atoms with Crippen LogP contribution in [0.4, 0.5) is 13.2 Å². The summed E-state index contributed by atoms with van der Waals surface area (Å²) in [6.45, 7) is 1.30. The van der Waals surface area contributed by atoms with Crippen LogP contribution in [0.2, 0.25) is 0 Å². The normalized spacial score (nSPS) is 11.8. The number of hydrogen-bond acceptors (Lipinski definition) is 2. The fourth-order valence-electron chi connectivity index (χ4n) is 1.09. The summed E-state index contributed by atoms with van der Waals surface area (Å²) in [5.41, 5.74) is 0.167. The lowest BCUT2D eigenvalue weighted by Crippen LogP contribution is -2.17. The Kier molecular flexibility index (Phi) is 4.34. The molecule has 0 heterocycles. The van der Waals surface area contributed by atoms with E-state index in [0.29, 0.717) is 4.47 Å². The van der Waals surface area contributed by atoms with E-state index in [9.17, 15) is 18.0 Å². The van der Waals surface area contributed by atoms with Gasteiger partial charge in [-0.15, -0.1) is 13.2 Å². The minimum Gasteiger partial charge on any atom is -0.405 e. The van der Waals surface area contributed by atoms with Crippen molar-refractivity contribution >= 4 is 27.8 Å². The number of benzene rings is 1. The second-order valence-corrected chi connectivity index (χ2v) is 4.00. The highest BCUT2D eigenvalue weighted by Crippen LogP contribution is 2.32. The smallest absolute Gasteiger partial charge is 0.405 e. The third-order valence-corrected chi connectivity index (χ3v) is 2.41. The van der Waals surface area contributed by atoms with Crippen LogP contribution in [0, 0.1) is 0 Å². The second kappa shape index (κ2) is 5.35. The molecule has 0 fully saturated rings. The first kappa shape index (κ1) is 13.8. The van der Waals surface area contributed by atoms with Crippen LogP contribution >= 0.6 is 15.9 Å². The van der Waals surface area contributed by atoms with Gasteiger partial charge in [-0.1, -0.05) is 22.0 Å². The van der Waals surface area contributed by atoms with Crippen molar-refractivity contribution in [2.45, 2.75) is 13.3 Å². The molecule has 0 saturated carbocycles. The van der Waals surface area contributed by atoms with E-state index < -0.39 is 6.36 Å². The van der Waals surface area contributed by atoms with Gasteiger partial charge in [0.05, 0.1) is 0 Å². The van der Waals surface area contributed by atoms with Gasteiger partial charge in [0.15, 0.2) is 5.78 Å². The summed E-state index contributed by atoms with van der Waals surface area (Å²) in [6.07, 6.45) is -2.32. The molecule has 0 amide bonds. The quantitative estimate of drug-likeness (QED) is 0.790. The molecule has 0 spiro atoms. The summed E-state index contributed by atoms with van der Waals surface area (Å²) < 4.78 is 40.6. The van der Waals surface area contributed by atoms with Gasteiger partial charge in [0.1, 0.15) is 5.75 Å². The van der Waals surface area contributed by atoms with Gasteiger partial charge in [-0.3, -0.25) is 4.79 Å². The summed E-state index contributed by atoms with van der Waals surface area (Å²) >= 11 is 3.09. The first-order valence-corrected chi connectivity index (χ1v) is 5.32. The maximum absolute atomic E-state index is 12.1. The average Bonchev–Trinajstić information content (AvgIpc) is 2.13. The molecule has 0 N–H and O–H groups in total. The fourth-order valence-corrected chi connectivity index (χ4v) is 1.57. The third kappa shape index (κ3) is 4.60. The predicted molar refractivity (Wildman–Crippen MR) is 60.5 cm³/mol. The van der Waals surface area contributed by atoms with E-state index in [-0.39, 0.29) is 17.1 Å². The van der Waals surface area contributed by atoms with Crippen LogP contribution in [0.3, 0.4) is 0 Å². The average molecular weight is 309 g/mol. The number of rotatable bonds is 3. The van der Waals surface area contributed by atoms with Crippen molar-refractivity contribution in [1.82, 2.24) is 0 Å². The molecule has 0 unspecified atom stereocenters. The first-order valence-electron chi connectivity index (χ1n) is 4.52. The minimum atomic E-state index is -4.76. The maximum Gasteiger partial charge on any atom is 0.573 e. The Balaban J connectivity index is 3.13. The van der Waals surface area contributed by atoms with Crippen LogP contribution in [-0.4, -0.2) is 12.1 Å². The lowest BCUT2D eigenvalue weighted by molar-refractivity contribution is -0.274. The van der Waals surface area contributed by atoms with Crippen LogP contribution in [0.15, 0.2) is 28.7 Å². The van der Waals surface area contributed by atoms with Gasteiger partial charge in [0.25, 0.3) is 0 Å². The number of ketones is 1. The van der Waals surface area contributed by atoms with Crippen LogP contribution in [0.1, 0.15) is 12.5 Å². The Labute approximate surface area is 104 Å². The van der Waals surface area contributed by atoms with Crippen LogP contribution in [-0.2, 0) is 4.79 Å². The molecule has 92 valence electrons. The largest absolute Gasteiger partial charge is 0.573 e. The number of halogens is 4. The molecule has 0 aliphatic rings. The molecule has 1 aromatic carbocycles. The monoisotopic (exact) mass is 308 g/mol. The third-order valence-electron chi connectivity index (χ3n) is 1.72. The lowest BCUT2D eigenvalue weighted by atomic mass is 10.2. The summed E-state index contributed by atoms with van der Waals surface area (Å²) in [4.78, 5) is 10.8. The number of carbonyl (C=O) groups is 1. The van der Waals surface area contributed by atoms with Gasteiger partial charge in [-0.25, -0.2) is 0 Å². The fraction of sp³-hybridized carbons (Fsp3) is 0.182. The predicted octanol–water partition coefficient (Wildman–Crippen LogP) is 3.95. The molecule has 6 heteroatoms. The van der Waals surface area contributed by atoms with E-state index >= 15 is 0 Å². The highest BCUT2D eigenvalue weighted by molar-refractivity contribution is 9.10. The van der Waals surface area contributed by atoms with E-state index in [0.717, 1.165) is 0 Å². The molecule has 1 rings (SSSR count). The van der Waals surface area contributed by atoms with Crippen molar-refractivity contribution in [3.05, 3.63) is 34.3 Å². The Morgan fingerprint density at radius 3 is 2.59 bits per heavy atom. The Bertz CT molecular complexity index is 453. The molecule has 0 aliphatic carbocycles. The van der Waals surface area contributed by atoms with Crippen LogP contribution < -0.4 is 4.74 Å². The Morgan fingerprint density at radius 1 is 1.41 bits per heavy atom. The van der Waals surface area contributed by atoms with Gasteiger partial charge in [-0.2, -0.15) is 0 Å². The summed E-state index contributed by atoms with van der Waals surface area (Å²) in [6, 6.07) is 4.15. The first-order chi connectivity index (χ1) is 7.79. The van der Waals surface area contributed by atoms with Gasteiger partial charge < -0.3 is 4.74 Å². The zero-order valence-corrected chi connectivity index (χ0v) is 10.3. The summed E-state index contributed by atoms with van der Waals surface area (Å²) in [5, 5.41) is 0. The molecule has 2 nitrogen and oxygen atoms in total. The van der Waals surface area contributed by atoms with Crippen LogP contribution in [0.25, 0.3) is 6.08 Å². The molecule has 1 aromatic rings. The molecule has 17 heavy (non-hydrogen) atoms. The van der Waals surface area contributed by atoms with E-state index in [1.54, 1.807) is 6.07 Å². The lowest BCUT2D eigenvalue weighted by Gasteiger charge is -2.12. The van der Waals surface area contributed by atoms with Crippen molar-refractivity contribution in [3.8, 4) is 5.75 Å². The van der Waals surface area contributed by atoms with Gasteiger partial charge >= 0.3 is 6.36 Å². The molecular formula is C11H8BrF3O2. The van der Waals surface area contributed by atoms with Crippen molar-refractivity contribution < 1.29 is 22.7 Å². The summed E-state index contributed by atoms with van der Waals surface area (Å²) in [5.74, 6) is -0.622. The number of alkyl halides is 3. The van der Waals surface area contributed by atoms with Crippen molar-refractivity contribution in [2.24, 2.45) is 0 Å². The minimum absolute atomic E-state index is 0.167. The molecule has 0 aliphatic heterocycles. The molecule has 0 atom stereocenters. The molecule has 0 aromatic heterocycles. The number of ether oxygens (including phenoxy) is 1. The number of allylic oxidation sites excluding steroid dienone is 1. The van der Waals surface area contributed by atoms with Crippen LogP contribution in [0.5, 0.6) is 5.75 Å². The number of hydrogen-bond donors (Lipinski definition) is 0. The van der Waals surface area contributed by atoms with E-state index in [1.807, 2.05) is 0 Å². The molecule has 0 bridgehead atoms. The van der Waals surface area contributed by atoms with E-state index in [4.69, 9.17) is 0 Å². The van der Waals surface area contributed by atoms with Gasteiger partial charge in [0.2, 0.25) is 0 Å². The van der Waals surface area contributed by atoms with E-state index in [2.05, 4.69) is 20.7 Å². The maximum atomic E-state index is 12.1. The SMILES string of the molecule is CC(=O)/C=C/c1c(Br)cccc1OC(F)(F)F. The molecule has 0 saturated heterocycles. The zero-order valence-electron chi connectivity index (χ0n) is 8.72. The zero-order chi connectivity index (χ0) is 13.1. The highest BCUT2D eigenvalue weighted by Gasteiger charge is 2.32. The standard InChI is InChI=1S/C11H8BrF3O2/c1-7(16)5-6-8-9(12)3-2-4-10(8)17-11(13,14)15/h2-6H,1H3/b6-5+. The Hall–Kier alpha value is -1.30. The van der Waals surface area contributed by atoms with Crippen molar-refractivity contribution in [3.63, 3.8) is 0 Å². The van der Waals surface area contributed by atoms with Gasteiger partial charge in [-0.05, 0) is 31.2 Å². The number of carbonyl (C=O) groups excluding carboxylic acids is 1. The van der Waals surface area contributed by atoms with Gasteiger partial charge in [0, 0.05) is 10.0 Å². The topological polar surface area (TPSA) is 26.3 Å². The highest BCUT2D eigenvalue weighted by atomic mass is 79.9. The van der Waals surface area contributed by atoms with Crippen molar-refractivity contribution in [1.29, 1.82) is 0 Å².